The average molecular weight is 417 g/mol. The Morgan fingerprint density at radius 2 is 1.43 bits per heavy atom. The van der Waals surface area contributed by atoms with Gasteiger partial charge in [0, 0.05) is 27.4 Å². The molecule has 0 aliphatic carbocycles. The van der Waals surface area contributed by atoms with E-state index >= 15 is 0 Å². The fourth-order valence-electron chi connectivity index (χ4n) is 2.98. The molecule has 0 fully saturated rings. The SMILES string of the molecule is C[C@H]1Sc2ccc(C(=O)Nc3ccc(C(=O)Nc4ccccc4)cc3)cc2NC1=O. The molecule has 7 heteroatoms. The lowest BCUT2D eigenvalue weighted by Gasteiger charge is -2.21. The van der Waals surface area contributed by atoms with Crippen molar-refractivity contribution in [3.05, 3.63) is 83.9 Å². The molecule has 0 radical (unpaired) electrons. The number of thioether (sulfide) groups is 1. The minimum absolute atomic E-state index is 0.0746. The number of carbonyl (C=O) groups excluding carboxylic acids is 3. The Balaban J connectivity index is 1.42. The van der Waals surface area contributed by atoms with Crippen LogP contribution in [0.5, 0.6) is 0 Å². The van der Waals surface area contributed by atoms with Gasteiger partial charge in [0.25, 0.3) is 11.8 Å². The second kappa shape index (κ2) is 8.42. The van der Waals surface area contributed by atoms with Gasteiger partial charge in [0.05, 0.1) is 10.9 Å². The summed E-state index contributed by atoms with van der Waals surface area (Å²) in [5.41, 5.74) is 2.85. The first kappa shape index (κ1) is 19.7. The summed E-state index contributed by atoms with van der Waals surface area (Å²) >= 11 is 1.47. The predicted molar refractivity (Wildman–Crippen MR) is 119 cm³/mol. The van der Waals surface area contributed by atoms with Crippen molar-refractivity contribution in [2.24, 2.45) is 0 Å². The van der Waals surface area contributed by atoms with Gasteiger partial charge >= 0.3 is 0 Å². The Bertz CT molecular complexity index is 1110. The van der Waals surface area contributed by atoms with E-state index < -0.39 is 0 Å². The van der Waals surface area contributed by atoms with E-state index in [0.717, 1.165) is 4.90 Å². The van der Waals surface area contributed by atoms with Crippen LogP contribution in [0, 0.1) is 0 Å². The number of anilines is 3. The molecule has 1 heterocycles. The van der Waals surface area contributed by atoms with Crippen LogP contribution in [0.15, 0.2) is 77.7 Å². The number of carbonyl (C=O) groups is 3. The van der Waals surface area contributed by atoms with E-state index in [1.54, 1.807) is 36.4 Å². The maximum atomic E-state index is 12.6. The molecule has 0 aromatic heterocycles. The first-order chi connectivity index (χ1) is 14.5. The van der Waals surface area contributed by atoms with Crippen molar-refractivity contribution in [1.82, 2.24) is 0 Å². The fraction of sp³-hybridized carbons (Fsp3) is 0.0870. The summed E-state index contributed by atoms with van der Waals surface area (Å²) in [7, 11) is 0. The molecule has 0 unspecified atom stereocenters. The molecule has 0 saturated heterocycles. The lowest BCUT2D eigenvalue weighted by atomic mass is 10.1. The van der Waals surface area contributed by atoms with Crippen LogP contribution in [0.2, 0.25) is 0 Å². The molecule has 6 nitrogen and oxygen atoms in total. The summed E-state index contributed by atoms with van der Waals surface area (Å²) in [6.07, 6.45) is 0. The average Bonchev–Trinajstić information content (AvgIpc) is 2.75. The number of benzene rings is 3. The molecule has 1 aliphatic rings. The van der Waals surface area contributed by atoms with Crippen LogP contribution in [-0.2, 0) is 4.79 Å². The van der Waals surface area contributed by atoms with Crippen LogP contribution in [0.4, 0.5) is 17.1 Å². The quantitative estimate of drug-likeness (QED) is 0.578. The molecule has 0 saturated carbocycles. The van der Waals surface area contributed by atoms with Crippen molar-refractivity contribution < 1.29 is 14.4 Å². The number of fused-ring (bicyclic) bond motifs is 1. The zero-order valence-electron chi connectivity index (χ0n) is 16.1. The molecule has 3 aromatic carbocycles. The van der Waals surface area contributed by atoms with Crippen molar-refractivity contribution in [3.63, 3.8) is 0 Å². The van der Waals surface area contributed by atoms with E-state index in [2.05, 4.69) is 16.0 Å². The smallest absolute Gasteiger partial charge is 0.255 e. The van der Waals surface area contributed by atoms with E-state index in [1.165, 1.54) is 11.8 Å². The van der Waals surface area contributed by atoms with Crippen LogP contribution in [0.25, 0.3) is 0 Å². The highest BCUT2D eigenvalue weighted by molar-refractivity contribution is 8.00. The molecule has 0 spiro atoms. The number of amides is 3. The van der Waals surface area contributed by atoms with Gasteiger partial charge in [0.15, 0.2) is 0 Å². The summed E-state index contributed by atoms with van der Waals surface area (Å²) in [6.45, 7) is 1.84. The Labute approximate surface area is 178 Å². The van der Waals surface area contributed by atoms with Gasteiger partial charge < -0.3 is 16.0 Å². The second-order valence-electron chi connectivity index (χ2n) is 6.81. The minimum atomic E-state index is -0.294. The standard InChI is InChI=1S/C23H19N3O3S/c1-14-21(27)26-19-13-16(9-12-20(19)30-14)23(29)25-18-10-7-15(8-11-18)22(28)24-17-5-3-2-4-6-17/h2-14H,1H3,(H,24,28)(H,25,29)(H,26,27)/t14-/m1/s1. The highest BCUT2D eigenvalue weighted by atomic mass is 32.2. The van der Waals surface area contributed by atoms with Crippen LogP contribution >= 0.6 is 11.8 Å². The Morgan fingerprint density at radius 1 is 0.833 bits per heavy atom. The molecule has 3 amide bonds. The topological polar surface area (TPSA) is 87.3 Å². The molecular formula is C23H19N3O3S. The third-order valence-electron chi connectivity index (χ3n) is 4.61. The molecule has 4 rings (SSSR count). The van der Waals surface area contributed by atoms with Gasteiger partial charge in [-0.05, 0) is 61.5 Å². The van der Waals surface area contributed by atoms with E-state index in [1.807, 2.05) is 43.3 Å². The first-order valence-electron chi connectivity index (χ1n) is 9.39. The molecule has 3 aromatic rings. The zero-order valence-corrected chi connectivity index (χ0v) is 17.0. The maximum Gasteiger partial charge on any atom is 0.255 e. The van der Waals surface area contributed by atoms with Crippen LogP contribution < -0.4 is 16.0 Å². The van der Waals surface area contributed by atoms with E-state index in [9.17, 15) is 14.4 Å². The third kappa shape index (κ3) is 4.36. The molecule has 1 atom stereocenters. The lowest BCUT2D eigenvalue weighted by molar-refractivity contribution is -0.115. The van der Waals surface area contributed by atoms with Gasteiger partial charge in [-0.2, -0.15) is 0 Å². The van der Waals surface area contributed by atoms with E-state index in [0.29, 0.717) is 28.2 Å². The number of para-hydroxylation sites is 1. The molecular weight excluding hydrogens is 398 g/mol. The summed E-state index contributed by atoms with van der Waals surface area (Å²) in [4.78, 5) is 37.7. The Hall–Kier alpha value is -3.58. The van der Waals surface area contributed by atoms with Crippen molar-refractivity contribution in [3.8, 4) is 0 Å². The molecule has 150 valence electrons. The monoisotopic (exact) mass is 417 g/mol. The van der Waals surface area contributed by atoms with Crippen molar-refractivity contribution in [1.29, 1.82) is 0 Å². The summed E-state index contributed by atoms with van der Waals surface area (Å²) in [5.74, 6) is -0.595. The summed E-state index contributed by atoms with van der Waals surface area (Å²) < 4.78 is 0. The highest BCUT2D eigenvalue weighted by Gasteiger charge is 2.23. The van der Waals surface area contributed by atoms with Gasteiger partial charge in [0.2, 0.25) is 5.91 Å². The van der Waals surface area contributed by atoms with E-state index in [-0.39, 0.29) is 23.0 Å². The van der Waals surface area contributed by atoms with E-state index in [4.69, 9.17) is 0 Å². The number of nitrogens with one attached hydrogen (secondary N) is 3. The maximum absolute atomic E-state index is 12.6. The number of hydrogen-bond donors (Lipinski definition) is 3. The van der Waals surface area contributed by atoms with Gasteiger partial charge in [-0.15, -0.1) is 11.8 Å². The molecule has 1 aliphatic heterocycles. The van der Waals surface area contributed by atoms with Crippen LogP contribution in [0.3, 0.4) is 0 Å². The Morgan fingerprint density at radius 3 is 2.13 bits per heavy atom. The summed E-state index contributed by atoms with van der Waals surface area (Å²) in [5, 5.41) is 8.29. The van der Waals surface area contributed by atoms with Crippen LogP contribution in [-0.4, -0.2) is 23.0 Å². The normalized spacial score (nSPS) is 15.0. The molecule has 30 heavy (non-hydrogen) atoms. The first-order valence-corrected chi connectivity index (χ1v) is 10.3. The molecule has 3 N–H and O–H groups in total. The largest absolute Gasteiger partial charge is 0.324 e. The lowest BCUT2D eigenvalue weighted by Crippen LogP contribution is -2.26. The zero-order chi connectivity index (χ0) is 21.1. The predicted octanol–water partition coefficient (Wildman–Crippen LogP) is 4.62. The fourth-order valence-corrected chi connectivity index (χ4v) is 3.91. The third-order valence-corrected chi connectivity index (χ3v) is 5.79. The number of hydrogen-bond acceptors (Lipinski definition) is 4. The van der Waals surface area contributed by atoms with Crippen molar-refractivity contribution in [2.45, 2.75) is 17.1 Å². The van der Waals surface area contributed by atoms with Gasteiger partial charge in [0.1, 0.15) is 0 Å². The van der Waals surface area contributed by atoms with Crippen LogP contribution in [0.1, 0.15) is 27.6 Å². The molecule has 0 bridgehead atoms. The Kier molecular flexibility index (Phi) is 5.54. The van der Waals surface area contributed by atoms with Crippen molar-refractivity contribution >= 4 is 46.5 Å². The summed E-state index contributed by atoms with van der Waals surface area (Å²) in [6, 6.07) is 21.1. The van der Waals surface area contributed by atoms with Gasteiger partial charge in [-0.25, -0.2) is 0 Å². The van der Waals surface area contributed by atoms with Crippen molar-refractivity contribution in [2.75, 3.05) is 16.0 Å². The van der Waals surface area contributed by atoms with Gasteiger partial charge in [-0.1, -0.05) is 18.2 Å². The van der Waals surface area contributed by atoms with Gasteiger partial charge in [-0.3, -0.25) is 14.4 Å². The second-order valence-corrected chi connectivity index (χ2v) is 8.19. The number of rotatable bonds is 4. The highest BCUT2D eigenvalue weighted by Crippen LogP contribution is 2.36. The minimum Gasteiger partial charge on any atom is -0.324 e.